The van der Waals surface area contributed by atoms with Crippen LogP contribution in [0.3, 0.4) is 0 Å². The van der Waals surface area contributed by atoms with Crippen molar-refractivity contribution in [1.29, 1.82) is 0 Å². The van der Waals surface area contributed by atoms with E-state index in [9.17, 15) is 10.2 Å². The Labute approximate surface area is 131 Å². The molecule has 0 aromatic rings. The summed E-state index contributed by atoms with van der Waals surface area (Å²) in [5.41, 5.74) is -0.233. The lowest BCUT2D eigenvalue weighted by Gasteiger charge is -2.38. The Morgan fingerprint density at radius 3 is 1.73 bits per heavy atom. The van der Waals surface area contributed by atoms with Crippen LogP contribution in [0.2, 0.25) is 0 Å². The van der Waals surface area contributed by atoms with Gasteiger partial charge >= 0.3 is 0 Å². The molecular formula is C20H26O2. The molecule has 2 nitrogen and oxygen atoms in total. The topological polar surface area (TPSA) is 40.5 Å². The van der Waals surface area contributed by atoms with Gasteiger partial charge in [0.25, 0.3) is 0 Å². The molecule has 3 unspecified atom stereocenters. The van der Waals surface area contributed by atoms with Crippen molar-refractivity contribution in [3.8, 4) is 0 Å². The highest BCUT2D eigenvalue weighted by atomic mass is 16.3. The minimum absolute atomic E-state index is 0.233. The van der Waals surface area contributed by atoms with Gasteiger partial charge in [-0.3, -0.25) is 0 Å². The smallest absolute Gasteiger partial charge is 0.0743 e. The highest BCUT2D eigenvalue weighted by Gasteiger charge is 2.88. The molecule has 0 spiro atoms. The SMILES string of the molecule is OCC1[C@@H]2[C@@H]3CC[C@@H]4[C@H]3[C@@H]3C5[C@H]6[C@@H]([C@H]1[C@@H]1CC[C@@H]([C@@H]16)C54O)[C@H]23. The maximum absolute atomic E-state index is 12.0. The molecular weight excluding hydrogens is 272 g/mol. The first-order valence-corrected chi connectivity index (χ1v) is 10.1. The van der Waals surface area contributed by atoms with Crippen LogP contribution in [0.15, 0.2) is 0 Å². The first-order valence-electron chi connectivity index (χ1n) is 10.1. The molecule has 0 saturated heterocycles. The predicted octanol–water partition coefficient (Wildman–Crippen LogP) is 2.01. The van der Waals surface area contributed by atoms with E-state index in [0.29, 0.717) is 30.3 Å². The fourth-order valence-corrected chi connectivity index (χ4v) is 12.1. The van der Waals surface area contributed by atoms with Gasteiger partial charge in [0.1, 0.15) is 0 Å². The van der Waals surface area contributed by atoms with Crippen molar-refractivity contribution >= 4 is 0 Å². The molecule has 0 bridgehead atoms. The van der Waals surface area contributed by atoms with Crippen LogP contribution in [0.1, 0.15) is 25.7 Å². The first kappa shape index (κ1) is 11.5. The quantitative estimate of drug-likeness (QED) is 0.777. The molecule has 118 valence electrons. The van der Waals surface area contributed by atoms with Gasteiger partial charge in [-0.2, -0.15) is 0 Å². The molecule has 15 atom stereocenters. The Morgan fingerprint density at radius 1 is 0.682 bits per heavy atom. The highest BCUT2D eigenvalue weighted by molar-refractivity contribution is 5.36. The Morgan fingerprint density at radius 2 is 1.23 bits per heavy atom. The van der Waals surface area contributed by atoms with E-state index >= 15 is 0 Å². The standard InChI is InChI=1S/C20H26O2/c21-5-8-11-6-1-3-9-13(6)17-15(11)16-12(8)7-2-4-10-14(7)18(16)19(17)20(9,10)22/h6-19,21-22H,1-5H2/t6-,7-,8?,9-,10+,11-,12-,13+,14-,15-,16-,17+,18-,19?,20?/m0/s1. The van der Waals surface area contributed by atoms with Gasteiger partial charge in [0, 0.05) is 6.61 Å². The van der Waals surface area contributed by atoms with Crippen molar-refractivity contribution < 1.29 is 10.2 Å². The average molecular weight is 298 g/mol. The summed E-state index contributed by atoms with van der Waals surface area (Å²) < 4.78 is 0. The summed E-state index contributed by atoms with van der Waals surface area (Å²) >= 11 is 0. The number of aliphatic hydroxyl groups excluding tert-OH is 1. The molecule has 0 aromatic heterocycles. The zero-order chi connectivity index (χ0) is 14.1. The Hall–Kier alpha value is -0.0800. The number of hydrogen-bond donors (Lipinski definition) is 2. The first-order chi connectivity index (χ1) is 10.8. The van der Waals surface area contributed by atoms with E-state index in [1.54, 1.807) is 0 Å². The average Bonchev–Trinajstić information content (AvgIpc) is 3.25. The second kappa shape index (κ2) is 2.96. The Kier molecular flexibility index (Phi) is 1.55. The molecule has 0 aliphatic heterocycles. The normalized spacial score (nSPS) is 82.6. The lowest BCUT2D eigenvalue weighted by atomic mass is 9.71. The van der Waals surface area contributed by atoms with Crippen LogP contribution in [0, 0.1) is 82.9 Å². The molecule has 8 fully saturated rings. The van der Waals surface area contributed by atoms with Crippen molar-refractivity contribution in [2.75, 3.05) is 6.61 Å². The van der Waals surface area contributed by atoms with E-state index in [2.05, 4.69) is 0 Å². The van der Waals surface area contributed by atoms with Crippen LogP contribution in [0.4, 0.5) is 0 Å². The minimum Gasteiger partial charge on any atom is -0.396 e. The monoisotopic (exact) mass is 298 g/mol. The molecule has 0 aromatic carbocycles. The van der Waals surface area contributed by atoms with Crippen molar-refractivity contribution in [1.82, 2.24) is 0 Å². The fourth-order valence-electron chi connectivity index (χ4n) is 12.1. The fraction of sp³-hybridized carbons (Fsp3) is 1.00. The van der Waals surface area contributed by atoms with Gasteiger partial charge in [-0.05, 0) is 109 Å². The largest absolute Gasteiger partial charge is 0.396 e. The molecule has 8 aliphatic rings. The van der Waals surface area contributed by atoms with Crippen molar-refractivity contribution in [2.45, 2.75) is 31.3 Å². The molecule has 22 heavy (non-hydrogen) atoms. The second-order valence-electron chi connectivity index (χ2n) is 10.6. The van der Waals surface area contributed by atoms with E-state index < -0.39 is 0 Å². The lowest BCUT2D eigenvalue weighted by molar-refractivity contribution is -0.0732. The minimum atomic E-state index is -0.233. The molecule has 8 saturated carbocycles. The van der Waals surface area contributed by atoms with E-state index in [4.69, 9.17) is 0 Å². The summed E-state index contributed by atoms with van der Waals surface area (Å²) in [7, 11) is 0. The van der Waals surface area contributed by atoms with Gasteiger partial charge in [0.05, 0.1) is 5.60 Å². The summed E-state index contributed by atoms with van der Waals surface area (Å²) in [6.45, 7) is 0.471. The van der Waals surface area contributed by atoms with Crippen LogP contribution < -0.4 is 0 Å². The van der Waals surface area contributed by atoms with Gasteiger partial charge in [-0.25, -0.2) is 0 Å². The van der Waals surface area contributed by atoms with Crippen LogP contribution in [-0.2, 0) is 0 Å². The van der Waals surface area contributed by atoms with Crippen LogP contribution in [0.25, 0.3) is 0 Å². The summed E-state index contributed by atoms with van der Waals surface area (Å²) in [6, 6.07) is 0. The van der Waals surface area contributed by atoms with Gasteiger partial charge in [-0.1, -0.05) is 0 Å². The van der Waals surface area contributed by atoms with Crippen molar-refractivity contribution in [3.63, 3.8) is 0 Å². The molecule has 0 amide bonds. The van der Waals surface area contributed by atoms with Crippen LogP contribution in [0.5, 0.6) is 0 Å². The van der Waals surface area contributed by atoms with E-state index in [1.165, 1.54) is 25.7 Å². The third-order valence-corrected chi connectivity index (χ3v) is 11.4. The summed E-state index contributed by atoms with van der Waals surface area (Å²) in [5, 5.41) is 22.3. The number of hydrogen-bond acceptors (Lipinski definition) is 2. The summed E-state index contributed by atoms with van der Waals surface area (Å²) in [6.07, 6.45) is 5.39. The van der Waals surface area contributed by atoms with Crippen molar-refractivity contribution in [2.24, 2.45) is 82.9 Å². The van der Waals surface area contributed by atoms with Crippen LogP contribution in [-0.4, -0.2) is 22.4 Å². The van der Waals surface area contributed by atoms with Gasteiger partial charge in [-0.15, -0.1) is 0 Å². The third-order valence-electron chi connectivity index (χ3n) is 11.4. The zero-order valence-corrected chi connectivity index (χ0v) is 13.0. The molecule has 8 aliphatic carbocycles. The maximum Gasteiger partial charge on any atom is 0.0743 e. The van der Waals surface area contributed by atoms with Crippen molar-refractivity contribution in [3.05, 3.63) is 0 Å². The number of rotatable bonds is 1. The molecule has 2 N–H and O–H groups in total. The summed E-state index contributed by atoms with van der Waals surface area (Å²) in [4.78, 5) is 0. The highest BCUT2D eigenvalue weighted by Crippen LogP contribution is 2.89. The van der Waals surface area contributed by atoms with Gasteiger partial charge in [0.2, 0.25) is 0 Å². The van der Waals surface area contributed by atoms with E-state index in [-0.39, 0.29) is 5.60 Å². The Balaban J connectivity index is 1.48. The lowest BCUT2D eigenvalue weighted by Crippen LogP contribution is -2.44. The molecule has 0 radical (unpaired) electrons. The Bertz CT molecular complexity index is 569. The second-order valence-corrected chi connectivity index (χ2v) is 10.6. The number of fused-ring (bicyclic) bond motifs is 4. The van der Waals surface area contributed by atoms with Gasteiger partial charge in [0.15, 0.2) is 0 Å². The van der Waals surface area contributed by atoms with Gasteiger partial charge < -0.3 is 10.2 Å². The van der Waals surface area contributed by atoms with Crippen LogP contribution >= 0.6 is 0 Å². The molecule has 0 heterocycles. The molecule has 2 heteroatoms. The third kappa shape index (κ3) is 0.744. The molecule has 8 rings (SSSR count). The predicted molar refractivity (Wildman–Crippen MR) is 79.4 cm³/mol. The van der Waals surface area contributed by atoms with E-state index in [1.807, 2.05) is 0 Å². The van der Waals surface area contributed by atoms with E-state index in [0.717, 1.165) is 59.2 Å². The number of aliphatic hydroxyl groups is 2. The zero-order valence-electron chi connectivity index (χ0n) is 13.0. The summed E-state index contributed by atoms with van der Waals surface area (Å²) in [5.74, 6) is 11.5. The maximum atomic E-state index is 12.0.